The highest BCUT2D eigenvalue weighted by atomic mass is 16.3. The molecule has 0 saturated heterocycles. The summed E-state index contributed by atoms with van der Waals surface area (Å²) in [5, 5.41) is 10.2. The van der Waals surface area contributed by atoms with E-state index in [9.17, 15) is 14.7 Å². The average Bonchev–Trinajstić information content (AvgIpc) is 2.94. The number of aromatic nitrogens is 4. The highest BCUT2D eigenvalue weighted by molar-refractivity contribution is 5.83. The van der Waals surface area contributed by atoms with Crippen molar-refractivity contribution in [1.82, 2.24) is 19.4 Å². The topological polar surface area (TPSA) is 198 Å². The Morgan fingerprint density at radius 2 is 1.56 bits per heavy atom. The van der Waals surface area contributed by atoms with Gasteiger partial charge in [0.1, 0.15) is 11.2 Å². The van der Waals surface area contributed by atoms with E-state index in [4.69, 9.17) is 0 Å². The van der Waals surface area contributed by atoms with Crippen molar-refractivity contribution in [2.45, 2.75) is 0 Å². The average molecular weight is 374 g/mol. The molecule has 0 spiro atoms. The van der Waals surface area contributed by atoms with Gasteiger partial charge in [-0.2, -0.15) is 0 Å². The lowest BCUT2D eigenvalue weighted by molar-refractivity contribution is 0.450. The van der Waals surface area contributed by atoms with Crippen LogP contribution in [0.1, 0.15) is 0 Å². The molecule has 10 nitrogen and oxygen atoms in total. The number of aromatic hydroxyl groups is 1. The fourth-order valence-electron chi connectivity index (χ4n) is 2.73. The molecule has 4 aromatic rings. The van der Waals surface area contributed by atoms with Gasteiger partial charge in [-0.25, -0.2) is 9.78 Å². The molecule has 3 aromatic heterocycles. The zero-order chi connectivity index (χ0) is 16.7. The number of H-pyrrole nitrogens is 2. The first kappa shape index (κ1) is 21.3. The monoisotopic (exact) mass is 374 g/mol. The van der Waals surface area contributed by atoms with E-state index < -0.39 is 17.1 Å². The van der Waals surface area contributed by atoms with Crippen molar-refractivity contribution in [3.05, 3.63) is 75.6 Å². The Morgan fingerprint density at radius 1 is 0.889 bits per heavy atom. The van der Waals surface area contributed by atoms with E-state index >= 15 is 0 Å². The molecule has 9 N–H and O–H groups in total. The van der Waals surface area contributed by atoms with Crippen molar-refractivity contribution in [2.75, 3.05) is 0 Å². The predicted octanol–water partition coefficient (Wildman–Crippen LogP) is -0.724. The fraction of sp³-hybridized carbons (Fsp3) is 0. The van der Waals surface area contributed by atoms with E-state index in [1.54, 1.807) is 22.7 Å². The van der Waals surface area contributed by atoms with Crippen LogP contribution in [0.15, 0.2) is 64.3 Å². The first-order chi connectivity index (χ1) is 11.6. The first-order valence-corrected chi connectivity index (χ1v) is 7.23. The Labute approximate surface area is 151 Å². The number of hydrogen-bond acceptors (Lipinski definition) is 4. The van der Waals surface area contributed by atoms with Gasteiger partial charge in [0.25, 0.3) is 5.56 Å². The molecular weight excluding hydrogens is 356 g/mol. The van der Waals surface area contributed by atoms with E-state index in [2.05, 4.69) is 15.0 Å². The van der Waals surface area contributed by atoms with E-state index in [0.717, 1.165) is 5.56 Å². The van der Waals surface area contributed by atoms with Crippen molar-refractivity contribution in [3.63, 3.8) is 0 Å². The maximum Gasteiger partial charge on any atom is 0.328 e. The van der Waals surface area contributed by atoms with E-state index in [1.165, 1.54) is 0 Å². The van der Waals surface area contributed by atoms with Gasteiger partial charge in [0.2, 0.25) is 5.88 Å². The molecular formula is C17H18N4O6. The highest BCUT2D eigenvalue weighted by Crippen LogP contribution is 2.33. The van der Waals surface area contributed by atoms with Gasteiger partial charge in [-0.1, -0.05) is 36.4 Å². The molecule has 1 aromatic carbocycles. The lowest BCUT2D eigenvalue weighted by Crippen LogP contribution is -2.23. The maximum absolute atomic E-state index is 12.3. The molecule has 0 aliphatic rings. The van der Waals surface area contributed by atoms with Gasteiger partial charge < -0.3 is 21.5 Å². The summed E-state index contributed by atoms with van der Waals surface area (Å²) < 4.78 is 1.70. The number of hydrogen-bond donors (Lipinski definition) is 3. The van der Waals surface area contributed by atoms with Crippen molar-refractivity contribution in [2.24, 2.45) is 0 Å². The number of aromatic amines is 2. The van der Waals surface area contributed by atoms with Crippen LogP contribution < -0.4 is 11.2 Å². The van der Waals surface area contributed by atoms with Crippen LogP contribution >= 0.6 is 0 Å². The Bertz CT molecular complexity index is 1160. The second-order valence-electron chi connectivity index (χ2n) is 5.24. The SMILES string of the molecule is O.O.O.O=c1[nH]c(O)c(-c2c(-c3ccccc3)nc3ccccn23)c(=O)[nH]1. The number of nitrogens with zero attached hydrogens (tertiary/aromatic N) is 2. The standard InChI is InChI=1S/C17H12N4O3.3H2O/c22-15-12(16(23)20-17(24)19-15)14-13(10-6-2-1-3-7-10)18-11-8-4-5-9-21(11)14;;;/h1-9H,(H3,19,20,22,23,24);3*1H2. The highest BCUT2D eigenvalue weighted by Gasteiger charge is 2.21. The van der Waals surface area contributed by atoms with Crippen molar-refractivity contribution < 1.29 is 21.5 Å². The number of fused-ring (bicyclic) bond motifs is 1. The Balaban J connectivity index is 0.00000121. The minimum Gasteiger partial charge on any atom is -0.494 e. The molecule has 0 aliphatic heterocycles. The van der Waals surface area contributed by atoms with Crippen LogP contribution in [0.25, 0.3) is 28.2 Å². The van der Waals surface area contributed by atoms with Crippen LogP contribution in [0.5, 0.6) is 5.88 Å². The van der Waals surface area contributed by atoms with Gasteiger partial charge in [0, 0.05) is 11.8 Å². The second kappa shape index (κ2) is 8.10. The van der Waals surface area contributed by atoms with Crippen molar-refractivity contribution in [3.8, 4) is 28.4 Å². The van der Waals surface area contributed by atoms with Crippen LogP contribution in [-0.4, -0.2) is 40.9 Å². The molecule has 0 amide bonds. The molecule has 0 saturated carbocycles. The lowest BCUT2D eigenvalue weighted by Gasteiger charge is -2.06. The summed E-state index contributed by atoms with van der Waals surface area (Å²) in [6, 6.07) is 14.8. The number of imidazole rings is 1. The molecule has 0 atom stereocenters. The Morgan fingerprint density at radius 3 is 2.22 bits per heavy atom. The zero-order valence-electron chi connectivity index (χ0n) is 13.9. The summed E-state index contributed by atoms with van der Waals surface area (Å²) in [4.78, 5) is 32.6. The normalized spacial score (nSPS) is 9.78. The molecule has 0 fully saturated rings. The van der Waals surface area contributed by atoms with Gasteiger partial charge in [-0.05, 0) is 12.1 Å². The summed E-state index contributed by atoms with van der Waals surface area (Å²) in [6.07, 6.45) is 1.74. The van der Waals surface area contributed by atoms with Crippen LogP contribution in [0, 0.1) is 0 Å². The largest absolute Gasteiger partial charge is 0.494 e. The number of rotatable bonds is 2. The van der Waals surface area contributed by atoms with Crippen LogP contribution in [-0.2, 0) is 0 Å². The van der Waals surface area contributed by atoms with Crippen molar-refractivity contribution >= 4 is 5.65 Å². The summed E-state index contributed by atoms with van der Waals surface area (Å²) >= 11 is 0. The molecule has 4 rings (SSSR count). The molecule has 0 bridgehead atoms. The van der Waals surface area contributed by atoms with Crippen LogP contribution in [0.4, 0.5) is 0 Å². The van der Waals surface area contributed by atoms with Crippen molar-refractivity contribution in [1.29, 1.82) is 0 Å². The van der Waals surface area contributed by atoms with Gasteiger partial charge in [0.05, 0.1) is 11.4 Å². The predicted molar refractivity (Wildman–Crippen MR) is 99.8 cm³/mol. The van der Waals surface area contributed by atoms with Crippen LogP contribution in [0.2, 0.25) is 0 Å². The third-order valence-corrected chi connectivity index (χ3v) is 3.74. The second-order valence-corrected chi connectivity index (χ2v) is 5.24. The zero-order valence-corrected chi connectivity index (χ0v) is 13.9. The van der Waals surface area contributed by atoms with Gasteiger partial charge in [-0.3, -0.25) is 19.2 Å². The molecule has 3 heterocycles. The third-order valence-electron chi connectivity index (χ3n) is 3.74. The van der Waals surface area contributed by atoms with Gasteiger partial charge in [0.15, 0.2) is 0 Å². The lowest BCUT2D eigenvalue weighted by atomic mass is 10.1. The maximum atomic E-state index is 12.3. The van der Waals surface area contributed by atoms with E-state index in [0.29, 0.717) is 17.0 Å². The number of nitrogens with one attached hydrogen (secondary N) is 2. The quantitative estimate of drug-likeness (QED) is 0.416. The molecule has 142 valence electrons. The fourth-order valence-corrected chi connectivity index (χ4v) is 2.73. The Hall–Kier alpha value is -3.73. The molecule has 0 radical (unpaired) electrons. The molecule has 27 heavy (non-hydrogen) atoms. The minimum absolute atomic E-state index is 0. The summed E-state index contributed by atoms with van der Waals surface area (Å²) in [5.41, 5.74) is 0.876. The number of pyridine rings is 1. The number of benzene rings is 1. The minimum atomic E-state index is -0.767. The molecule has 0 aliphatic carbocycles. The molecule has 10 heteroatoms. The summed E-state index contributed by atoms with van der Waals surface area (Å²) in [6.45, 7) is 0. The van der Waals surface area contributed by atoms with Crippen LogP contribution in [0.3, 0.4) is 0 Å². The van der Waals surface area contributed by atoms with Gasteiger partial charge >= 0.3 is 5.69 Å². The van der Waals surface area contributed by atoms with E-state index in [-0.39, 0.29) is 22.0 Å². The summed E-state index contributed by atoms with van der Waals surface area (Å²) in [7, 11) is 0. The van der Waals surface area contributed by atoms with E-state index in [1.807, 2.05) is 36.4 Å². The molecule has 0 unspecified atom stereocenters. The first-order valence-electron chi connectivity index (χ1n) is 7.23. The third kappa shape index (κ3) is 3.48. The summed E-state index contributed by atoms with van der Waals surface area (Å²) in [5.74, 6) is -0.494. The smallest absolute Gasteiger partial charge is 0.328 e. The van der Waals surface area contributed by atoms with Gasteiger partial charge in [-0.15, -0.1) is 0 Å². The Kier molecular flexibility index (Phi) is 6.39.